The number of aromatic nitrogens is 2. The van der Waals surface area contributed by atoms with E-state index in [1.54, 1.807) is 7.05 Å². The Hall–Kier alpha value is -2.16. The number of aliphatic hydroxyl groups excluding tert-OH is 1. The molecule has 9 heteroatoms. The van der Waals surface area contributed by atoms with Gasteiger partial charge >= 0.3 is 6.01 Å². The first-order valence-corrected chi connectivity index (χ1v) is 10.8. The zero-order chi connectivity index (χ0) is 21.7. The van der Waals surface area contributed by atoms with Gasteiger partial charge in [0.15, 0.2) is 5.82 Å². The van der Waals surface area contributed by atoms with E-state index >= 15 is 0 Å². The van der Waals surface area contributed by atoms with Crippen molar-refractivity contribution in [2.75, 3.05) is 44.8 Å². The van der Waals surface area contributed by atoms with Crippen molar-refractivity contribution in [3.8, 4) is 0 Å². The van der Waals surface area contributed by atoms with E-state index in [0.29, 0.717) is 37.1 Å². The maximum absolute atomic E-state index is 14.5. The summed E-state index contributed by atoms with van der Waals surface area (Å²) in [5.41, 5.74) is 0. The zero-order valence-electron chi connectivity index (χ0n) is 18.1. The van der Waals surface area contributed by atoms with Crippen LogP contribution in [0.3, 0.4) is 0 Å². The summed E-state index contributed by atoms with van der Waals surface area (Å²) in [5, 5.41) is 13.0. The Morgan fingerprint density at radius 3 is 2.70 bits per heavy atom. The van der Waals surface area contributed by atoms with Gasteiger partial charge in [0.2, 0.25) is 5.91 Å². The summed E-state index contributed by atoms with van der Waals surface area (Å²) in [6, 6.07) is 0.570. The van der Waals surface area contributed by atoms with Gasteiger partial charge in [0.1, 0.15) is 11.6 Å². The number of likely N-dealkylation sites (N-methyl/N-ethyl adjacent to an activating group) is 1. The number of hydrogen-bond donors (Lipinski definition) is 1. The van der Waals surface area contributed by atoms with E-state index in [4.69, 9.17) is 14.4 Å². The highest BCUT2D eigenvalue weighted by Crippen LogP contribution is 2.33. The number of ether oxygens (including phenoxy) is 1. The van der Waals surface area contributed by atoms with Crippen LogP contribution in [0.4, 0.5) is 10.4 Å². The SMILES string of the molecule is CC(C)c1noc(N2CCC(COC3=C(F)CC(C(=O)N(C)CCO)CC3)CC2)n1. The second-order valence-electron chi connectivity index (χ2n) is 8.58. The number of carbonyl (C=O) groups excluding carboxylic acids is 1. The van der Waals surface area contributed by atoms with Gasteiger partial charge in [0.05, 0.1) is 13.2 Å². The van der Waals surface area contributed by atoms with Gasteiger partial charge in [-0.2, -0.15) is 4.98 Å². The molecule has 0 spiro atoms. The first kappa shape index (κ1) is 22.5. The van der Waals surface area contributed by atoms with E-state index in [0.717, 1.165) is 31.8 Å². The molecular weight excluding hydrogens is 391 g/mol. The number of nitrogens with zero attached hydrogens (tertiary/aromatic N) is 4. The lowest BCUT2D eigenvalue weighted by Gasteiger charge is -2.31. The maximum Gasteiger partial charge on any atom is 0.324 e. The van der Waals surface area contributed by atoms with Crippen LogP contribution in [0.1, 0.15) is 57.7 Å². The average molecular weight is 425 g/mol. The fourth-order valence-electron chi connectivity index (χ4n) is 3.91. The van der Waals surface area contributed by atoms with Crippen LogP contribution in [-0.2, 0) is 9.53 Å². The van der Waals surface area contributed by atoms with E-state index in [-0.39, 0.29) is 43.1 Å². The summed E-state index contributed by atoms with van der Waals surface area (Å²) >= 11 is 0. The van der Waals surface area contributed by atoms with Crippen LogP contribution in [-0.4, -0.2) is 65.9 Å². The molecule has 1 aromatic heterocycles. The smallest absolute Gasteiger partial charge is 0.324 e. The van der Waals surface area contributed by atoms with Crippen LogP contribution in [0, 0.1) is 11.8 Å². The lowest BCUT2D eigenvalue weighted by Crippen LogP contribution is -2.36. The predicted molar refractivity (Wildman–Crippen MR) is 109 cm³/mol. The van der Waals surface area contributed by atoms with Gasteiger partial charge in [0, 0.05) is 51.4 Å². The number of allylic oxidation sites excluding steroid dienone is 2. The minimum absolute atomic E-state index is 0.0811. The standard InChI is InChI=1S/C21H33FN4O4/c1-14(2)19-23-21(30-24-19)26-8-6-15(7-9-26)13-29-18-5-4-16(12-17(18)22)20(28)25(3)10-11-27/h14-16,27H,4-13H2,1-3H3. The molecule has 1 saturated heterocycles. The molecule has 0 radical (unpaired) electrons. The molecular formula is C21H33FN4O4. The van der Waals surface area contributed by atoms with Crippen molar-refractivity contribution in [2.24, 2.45) is 11.8 Å². The lowest BCUT2D eigenvalue weighted by molar-refractivity contribution is -0.135. The van der Waals surface area contributed by atoms with E-state index in [1.165, 1.54) is 4.90 Å². The van der Waals surface area contributed by atoms with Gasteiger partial charge in [-0.25, -0.2) is 4.39 Å². The Bertz CT molecular complexity index is 743. The summed E-state index contributed by atoms with van der Waals surface area (Å²) in [5.74, 6) is 0.886. The first-order valence-electron chi connectivity index (χ1n) is 10.8. The number of rotatable bonds is 8. The summed E-state index contributed by atoms with van der Waals surface area (Å²) in [6.07, 6.45) is 2.93. The predicted octanol–water partition coefficient (Wildman–Crippen LogP) is 2.86. The molecule has 1 aliphatic carbocycles. The van der Waals surface area contributed by atoms with E-state index in [9.17, 15) is 9.18 Å². The molecule has 168 valence electrons. The largest absolute Gasteiger partial charge is 0.495 e. The second kappa shape index (κ2) is 10.2. The molecule has 1 unspecified atom stereocenters. The molecule has 1 atom stereocenters. The molecule has 1 N–H and O–H groups in total. The Kier molecular flexibility index (Phi) is 7.69. The van der Waals surface area contributed by atoms with Gasteiger partial charge in [-0.3, -0.25) is 4.79 Å². The molecule has 0 saturated carbocycles. The van der Waals surface area contributed by atoms with Crippen LogP contribution in [0.2, 0.25) is 0 Å². The summed E-state index contributed by atoms with van der Waals surface area (Å²) in [4.78, 5) is 20.3. The summed E-state index contributed by atoms with van der Waals surface area (Å²) in [6.45, 7) is 6.34. The summed E-state index contributed by atoms with van der Waals surface area (Å²) < 4.78 is 25.7. The molecule has 3 rings (SSSR count). The normalized spacial score (nSPS) is 20.7. The van der Waals surface area contributed by atoms with Crippen LogP contribution in [0.15, 0.2) is 16.1 Å². The Labute approximate surface area is 177 Å². The van der Waals surface area contributed by atoms with Gasteiger partial charge in [-0.15, -0.1) is 0 Å². The van der Waals surface area contributed by atoms with Crippen LogP contribution in [0.5, 0.6) is 0 Å². The van der Waals surface area contributed by atoms with Crippen molar-refractivity contribution >= 4 is 11.9 Å². The molecule has 1 fully saturated rings. The number of anilines is 1. The van der Waals surface area contributed by atoms with E-state index in [1.807, 2.05) is 13.8 Å². The van der Waals surface area contributed by atoms with Gasteiger partial charge in [-0.1, -0.05) is 19.0 Å². The number of hydrogen-bond acceptors (Lipinski definition) is 7. The number of carbonyl (C=O) groups is 1. The van der Waals surface area contributed by atoms with Crippen molar-refractivity contribution in [2.45, 2.75) is 51.9 Å². The highest BCUT2D eigenvalue weighted by molar-refractivity contribution is 5.79. The Balaban J connectivity index is 1.44. The number of amides is 1. The van der Waals surface area contributed by atoms with Crippen molar-refractivity contribution in [1.82, 2.24) is 15.0 Å². The average Bonchev–Trinajstić information content (AvgIpc) is 3.23. The van der Waals surface area contributed by atoms with Gasteiger partial charge < -0.3 is 24.2 Å². The third-order valence-corrected chi connectivity index (χ3v) is 5.93. The van der Waals surface area contributed by atoms with Crippen molar-refractivity contribution in [3.05, 3.63) is 17.4 Å². The molecule has 1 aromatic rings. The molecule has 2 aliphatic rings. The lowest BCUT2D eigenvalue weighted by atomic mass is 9.91. The number of halogens is 1. The van der Waals surface area contributed by atoms with Crippen LogP contribution >= 0.6 is 0 Å². The summed E-state index contributed by atoms with van der Waals surface area (Å²) in [7, 11) is 1.64. The van der Waals surface area contributed by atoms with Crippen molar-refractivity contribution < 1.29 is 23.6 Å². The molecule has 1 aliphatic heterocycles. The van der Waals surface area contributed by atoms with Crippen LogP contribution < -0.4 is 4.90 Å². The van der Waals surface area contributed by atoms with E-state index in [2.05, 4.69) is 15.0 Å². The second-order valence-corrected chi connectivity index (χ2v) is 8.58. The third-order valence-electron chi connectivity index (χ3n) is 5.93. The molecule has 0 bridgehead atoms. The van der Waals surface area contributed by atoms with Crippen molar-refractivity contribution in [3.63, 3.8) is 0 Å². The minimum atomic E-state index is -0.373. The molecule has 2 heterocycles. The highest BCUT2D eigenvalue weighted by atomic mass is 19.1. The monoisotopic (exact) mass is 424 g/mol. The molecule has 1 amide bonds. The zero-order valence-corrected chi connectivity index (χ0v) is 18.1. The third kappa shape index (κ3) is 5.50. The molecule has 0 aromatic carbocycles. The van der Waals surface area contributed by atoms with E-state index < -0.39 is 0 Å². The minimum Gasteiger partial charge on any atom is -0.495 e. The number of aliphatic hydroxyl groups is 1. The fraction of sp³-hybridized carbons (Fsp3) is 0.762. The van der Waals surface area contributed by atoms with Gasteiger partial charge in [-0.05, 0) is 25.2 Å². The van der Waals surface area contributed by atoms with Crippen LogP contribution in [0.25, 0.3) is 0 Å². The Morgan fingerprint density at radius 2 is 2.10 bits per heavy atom. The Morgan fingerprint density at radius 1 is 1.37 bits per heavy atom. The first-order chi connectivity index (χ1) is 14.4. The van der Waals surface area contributed by atoms with Crippen molar-refractivity contribution in [1.29, 1.82) is 0 Å². The molecule has 8 nitrogen and oxygen atoms in total. The quantitative estimate of drug-likeness (QED) is 0.686. The topological polar surface area (TPSA) is 91.9 Å². The maximum atomic E-state index is 14.5. The van der Waals surface area contributed by atoms with Gasteiger partial charge in [0.25, 0.3) is 0 Å². The fourth-order valence-corrected chi connectivity index (χ4v) is 3.91. The number of piperidine rings is 1. The molecule has 30 heavy (non-hydrogen) atoms. The highest BCUT2D eigenvalue weighted by Gasteiger charge is 2.30.